The molecule has 0 aliphatic carbocycles. The first kappa shape index (κ1) is 30.6. The number of benzene rings is 1. The van der Waals surface area contributed by atoms with Crippen molar-refractivity contribution in [1.29, 1.82) is 0 Å². The Labute approximate surface area is 221 Å². The summed E-state index contributed by atoms with van der Waals surface area (Å²) in [7, 11) is -1.82. The van der Waals surface area contributed by atoms with Crippen molar-refractivity contribution in [3.8, 4) is 0 Å². The van der Waals surface area contributed by atoms with Gasteiger partial charge in [-0.1, -0.05) is 0 Å². The molecule has 0 aliphatic rings. The van der Waals surface area contributed by atoms with Gasteiger partial charge in [0.05, 0.1) is 0 Å². The molecule has 0 fully saturated rings. The minimum atomic E-state index is -1.82. The molecule has 0 bridgehead atoms. The molecule has 0 aromatic heterocycles. The fourth-order valence-corrected chi connectivity index (χ4v) is 7.20. The van der Waals surface area contributed by atoms with E-state index in [2.05, 4.69) is 69.5 Å². The molecule has 0 saturated carbocycles. The molecule has 1 aromatic carbocycles. The van der Waals surface area contributed by atoms with Crippen LogP contribution in [0, 0.1) is 0 Å². The van der Waals surface area contributed by atoms with Crippen LogP contribution in [0.3, 0.4) is 0 Å². The summed E-state index contributed by atoms with van der Waals surface area (Å²) in [5.41, 5.74) is 2.20. The first-order chi connectivity index (χ1) is 15.2. The molecular formula is C26H41IO4SeSi. The van der Waals surface area contributed by atoms with Gasteiger partial charge in [-0.2, -0.15) is 0 Å². The molecule has 0 heterocycles. The van der Waals surface area contributed by atoms with Gasteiger partial charge in [0, 0.05) is 0 Å². The molecule has 0 amide bonds. The molecule has 0 aliphatic heterocycles. The zero-order valence-corrected chi connectivity index (χ0v) is 26.0. The van der Waals surface area contributed by atoms with Crippen molar-refractivity contribution >= 4 is 56.3 Å². The quantitative estimate of drug-likeness (QED) is 0.146. The summed E-state index contributed by atoms with van der Waals surface area (Å²) in [6, 6.07) is 9.83. The predicted molar refractivity (Wildman–Crippen MR) is 151 cm³/mol. The van der Waals surface area contributed by atoms with Crippen LogP contribution >= 0.6 is 22.6 Å². The van der Waals surface area contributed by atoms with E-state index in [1.54, 1.807) is 0 Å². The van der Waals surface area contributed by atoms with Gasteiger partial charge in [-0.05, 0) is 0 Å². The number of halogens is 1. The van der Waals surface area contributed by atoms with Gasteiger partial charge in [-0.3, -0.25) is 0 Å². The maximum atomic E-state index is 12.6. The average Bonchev–Trinajstić information content (AvgIpc) is 2.71. The molecule has 186 valence electrons. The second kappa shape index (κ2) is 13.6. The summed E-state index contributed by atoms with van der Waals surface area (Å²) < 4.78 is 8.34. The van der Waals surface area contributed by atoms with E-state index in [1.165, 1.54) is 0 Å². The Kier molecular flexibility index (Phi) is 12.6. The van der Waals surface area contributed by atoms with Gasteiger partial charge in [-0.15, -0.1) is 0 Å². The Morgan fingerprint density at radius 2 is 1.79 bits per heavy atom. The van der Waals surface area contributed by atoms with E-state index in [9.17, 15) is 15.0 Å². The van der Waals surface area contributed by atoms with Gasteiger partial charge in [0.2, 0.25) is 0 Å². The third-order valence-corrected chi connectivity index (χ3v) is 14.8. The Morgan fingerprint density at radius 3 is 2.30 bits per heavy atom. The third kappa shape index (κ3) is 10.4. The second-order valence-corrected chi connectivity index (χ2v) is 18.9. The SMILES string of the molecule is C/C(=C/I)C[C@H](O)CC(CC/C=C(\C)CO[Si](C)(C)C(C)(C)C)([Se]c1ccccc1)C(=O)O. The number of carboxylic acids is 1. The normalized spacial score (nSPS) is 16.4. The molecule has 1 rings (SSSR count). The fraction of sp³-hybridized carbons (Fsp3) is 0.577. The monoisotopic (exact) mass is 652 g/mol. The van der Waals surface area contributed by atoms with Gasteiger partial charge in [0.25, 0.3) is 0 Å². The maximum absolute atomic E-state index is 12.6. The van der Waals surface area contributed by atoms with Gasteiger partial charge in [-0.25, -0.2) is 0 Å². The number of aliphatic hydroxyl groups excluding tert-OH is 1. The van der Waals surface area contributed by atoms with Crippen molar-refractivity contribution in [2.75, 3.05) is 6.61 Å². The van der Waals surface area contributed by atoms with Crippen LogP contribution in [0.5, 0.6) is 0 Å². The molecule has 2 atom stereocenters. The van der Waals surface area contributed by atoms with Gasteiger partial charge in [0.15, 0.2) is 0 Å². The number of aliphatic hydroxyl groups is 1. The van der Waals surface area contributed by atoms with E-state index >= 15 is 0 Å². The topological polar surface area (TPSA) is 66.8 Å². The van der Waals surface area contributed by atoms with Crippen LogP contribution in [0.15, 0.2) is 51.6 Å². The number of carboxylic acid groups (broad SMARTS) is 1. The van der Waals surface area contributed by atoms with Crippen molar-refractivity contribution in [3.05, 3.63) is 51.6 Å². The first-order valence-corrected chi connectivity index (χ1v) is 17.3. The number of hydrogen-bond donors (Lipinski definition) is 2. The standard InChI is InChI=1S/C26H41IO4SeSi/c1-20(19-31-33(6,7)25(3,4)5)12-11-15-26(24(29)30,17-22(28)16-21(2)18-27)32-23-13-9-8-10-14-23/h8-10,12-14,18,22,28H,11,15-17,19H2,1-7H3,(H,29,30)/b20-12+,21-18-/t22-,26?/m0/s1. The average molecular weight is 652 g/mol. The summed E-state index contributed by atoms with van der Waals surface area (Å²) in [6.45, 7) is 15.8. The molecule has 1 aromatic rings. The molecule has 0 radical (unpaired) electrons. The first-order valence-electron chi connectivity index (χ1n) is 11.4. The Hall–Kier alpha value is -0.444. The van der Waals surface area contributed by atoms with Crippen molar-refractivity contribution in [1.82, 2.24) is 0 Å². The molecule has 33 heavy (non-hydrogen) atoms. The Bertz CT molecular complexity index is 817. The van der Waals surface area contributed by atoms with Gasteiger partial charge >= 0.3 is 223 Å². The Morgan fingerprint density at radius 1 is 1.18 bits per heavy atom. The van der Waals surface area contributed by atoms with Gasteiger partial charge < -0.3 is 0 Å². The second-order valence-electron chi connectivity index (χ2n) is 10.4. The number of allylic oxidation sites excluding steroid dienone is 1. The van der Waals surface area contributed by atoms with Crippen LogP contribution in [0.25, 0.3) is 0 Å². The molecule has 7 heteroatoms. The van der Waals surface area contributed by atoms with Crippen molar-refractivity contribution < 1.29 is 19.4 Å². The summed E-state index contributed by atoms with van der Waals surface area (Å²) in [6.07, 6.45) is 3.35. The van der Waals surface area contributed by atoms with E-state index < -0.39 is 24.7 Å². The minimum absolute atomic E-state index is 0.157. The van der Waals surface area contributed by atoms with Crippen LogP contribution < -0.4 is 4.46 Å². The van der Waals surface area contributed by atoms with Gasteiger partial charge in [0.1, 0.15) is 0 Å². The summed E-state index contributed by atoms with van der Waals surface area (Å²) in [4.78, 5) is 12.6. The summed E-state index contributed by atoms with van der Waals surface area (Å²) in [5, 5.41) is 21.2. The number of rotatable bonds is 13. The molecule has 2 N–H and O–H groups in total. The van der Waals surface area contributed by atoms with Crippen LogP contribution in [-0.4, -0.2) is 52.2 Å². The third-order valence-electron chi connectivity index (χ3n) is 6.26. The Balaban J connectivity index is 3.01. The molecule has 0 saturated heterocycles. The molecule has 4 nitrogen and oxygen atoms in total. The number of carbonyl (C=O) groups is 1. The zero-order valence-electron chi connectivity index (χ0n) is 21.2. The van der Waals surface area contributed by atoms with E-state index in [1.807, 2.05) is 41.3 Å². The van der Waals surface area contributed by atoms with E-state index in [4.69, 9.17) is 4.43 Å². The van der Waals surface area contributed by atoms with Crippen LogP contribution in [0.2, 0.25) is 22.4 Å². The number of hydrogen-bond acceptors (Lipinski definition) is 3. The van der Waals surface area contributed by atoms with Crippen molar-refractivity contribution in [2.24, 2.45) is 0 Å². The van der Waals surface area contributed by atoms with Crippen molar-refractivity contribution in [2.45, 2.75) is 88.9 Å². The molecule has 1 unspecified atom stereocenters. The van der Waals surface area contributed by atoms with Crippen molar-refractivity contribution in [3.63, 3.8) is 0 Å². The summed E-state index contributed by atoms with van der Waals surface area (Å²) >= 11 is 1.86. The van der Waals surface area contributed by atoms with Crippen LogP contribution in [0.4, 0.5) is 0 Å². The zero-order chi connectivity index (χ0) is 25.3. The molecule has 0 spiro atoms. The fourth-order valence-electron chi connectivity index (χ4n) is 3.14. The van der Waals surface area contributed by atoms with Crippen LogP contribution in [-0.2, 0) is 9.22 Å². The van der Waals surface area contributed by atoms with E-state index in [0.717, 1.165) is 15.6 Å². The van der Waals surface area contributed by atoms with E-state index in [-0.39, 0.29) is 26.4 Å². The molecular weight excluding hydrogens is 610 g/mol. The number of aliphatic carboxylic acids is 1. The van der Waals surface area contributed by atoms with E-state index in [0.29, 0.717) is 25.9 Å². The predicted octanol–water partition coefficient (Wildman–Crippen LogP) is 6.49. The van der Waals surface area contributed by atoms with Crippen LogP contribution in [0.1, 0.15) is 60.3 Å². The summed E-state index contributed by atoms with van der Waals surface area (Å²) in [5.74, 6) is -0.815.